The number of carboxylic acid groups (broad SMARTS) is 1. The summed E-state index contributed by atoms with van der Waals surface area (Å²) in [5.74, 6) is 0.0121. The van der Waals surface area contributed by atoms with Gasteiger partial charge in [0.25, 0.3) is 0 Å². The van der Waals surface area contributed by atoms with Crippen molar-refractivity contribution < 1.29 is 14.7 Å². The molecule has 1 atom stereocenters. The van der Waals surface area contributed by atoms with Crippen molar-refractivity contribution in [1.29, 1.82) is 0 Å². The summed E-state index contributed by atoms with van der Waals surface area (Å²) in [6.07, 6.45) is 0. The highest BCUT2D eigenvalue weighted by atomic mass is 32.2. The van der Waals surface area contributed by atoms with E-state index in [1.807, 2.05) is 0 Å². The Morgan fingerprint density at radius 3 is 2.85 bits per heavy atom. The van der Waals surface area contributed by atoms with Crippen molar-refractivity contribution in [1.82, 2.24) is 4.90 Å². The lowest BCUT2D eigenvalue weighted by atomic mass is 10.2. The fourth-order valence-corrected chi connectivity index (χ4v) is 2.26. The summed E-state index contributed by atoms with van der Waals surface area (Å²) >= 11 is 1.55. The van der Waals surface area contributed by atoms with Gasteiger partial charge in [0, 0.05) is 18.1 Å². The molecule has 1 rings (SSSR count). The molecule has 0 aromatic rings. The van der Waals surface area contributed by atoms with Crippen molar-refractivity contribution in [3.63, 3.8) is 0 Å². The maximum absolute atomic E-state index is 11.2. The number of nitrogens with two attached hydrogens (primary N) is 1. The zero-order chi connectivity index (χ0) is 9.84. The van der Waals surface area contributed by atoms with Gasteiger partial charge in [0.05, 0.1) is 6.54 Å². The summed E-state index contributed by atoms with van der Waals surface area (Å²) in [5.41, 5.74) is 5.17. The highest BCUT2D eigenvalue weighted by Gasteiger charge is 2.31. The van der Waals surface area contributed by atoms with E-state index in [4.69, 9.17) is 10.8 Å². The van der Waals surface area contributed by atoms with Crippen molar-refractivity contribution >= 4 is 23.6 Å². The van der Waals surface area contributed by atoms with E-state index < -0.39 is 12.0 Å². The van der Waals surface area contributed by atoms with Crippen LogP contribution in [0.5, 0.6) is 0 Å². The maximum Gasteiger partial charge on any atom is 0.327 e. The lowest BCUT2D eigenvalue weighted by Gasteiger charge is -2.32. The Hall–Kier alpha value is -0.750. The molecule has 0 aromatic carbocycles. The van der Waals surface area contributed by atoms with Gasteiger partial charge in [-0.05, 0) is 0 Å². The summed E-state index contributed by atoms with van der Waals surface area (Å²) < 4.78 is 0. The first-order valence-electron chi connectivity index (χ1n) is 3.97. The van der Waals surface area contributed by atoms with Crippen LogP contribution >= 0.6 is 11.8 Å². The van der Waals surface area contributed by atoms with E-state index in [-0.39, 0.29) is 12.5 Å². The number of rotatable bonds is 2. The van der Waals surface area contributed by atoms with Crippen molar-refractivity contribution in [3.05, 3.63) is 0 Å². The van der Waals surface area contributed by atoms with Gasteiger partial charge in [0.2, 0.25) is 5.91 Å². The average molecular weight is 204 g/mol. The molecule has 6 heteroatoms. The molecule has 1 saturated heterocycles. The highest BCUT2D eigenvalue weighted by molar-refractivity contribution is 7.99. The van der Waals surface area contributed by atoms with E-state index in [2.05, 4.69) is 0 Å². The van der Waals surface area contributed by atoms with Crippen LogP contribution in [0.25, 0.3) is 0 Å². The second-order valence-electron chi connectivity index (χ2n) is 2.72. The first kappa shape index (κ1) is 10.3. The Morgan fingerprint density at radius 2 is 2.31 bits per heavy atom. The number of carbonyl (C=O) groups is 2. The van der Waals surface area contributed by atoms with Gasteiger partial charge in [-0.3, -0.25) is 4.79 Å². The van der Waals surface area contributed by atoms with Crippen LogP contribution in [0.2, 0.25) is 0 Å². The van der Waals surface area contributed by atoms with Gasteiger partial charge in [-0.2, -0.15) is 11.8 Å². The normalized spacial score (nSPS) is 22.8. The Bertz CT molecular complexity index is 222. The first-order valence-corrected chi connectivity index (χ1v) is 5.12. The van der Waals surface area contributed by atoms with Crippen LogP contribution in [0.15, 0.2) is 0 Å². The molecule has 1 amide bonds. The molecule has 0 spiro atoms. The van der Waals surface area contributed by atoms with E-state index in [1.54, 1.807) is 11.8 Å². The number of hydrogen-bond acceptors (Lipinski definition) is 4. The summed E-state index contributed by atoms with van der Waals surface area (Å²) in [6, 6.07) is -0.699. The predicted octanol–water partition coefficient (Wildman–Crippen LogP) is -1.03. The summed E-state index contributed by atoms with van der Waals surface area (Å²) in [7, 11) is 0. The number of hydrogen-bond donors (Lipinski definition) is 2. The van der Waals surface area contributed by atoms with E-state index in [0.717, 1.165) is 5.75 Å². The van der Waals surface area contributed by atoms with Gasteiger partial charge in [0.15, 0.2) is 0 Å². The van der Waals surface area contributed by atoms with Crippen LogP contribution in [0.4, 0.5) is 0 Å². The third-order valence-electron chi connectivity index (χ3n) is 1.91. The first-order chi connectivity index (χ1) is 6.16. The van der Waals surface area contributed by atoms with Crippen molar-refractivity contribution in [3.8, 4) is 0 Å². The second-order valence-corrected chi connectivity index (χ2v) is 3.87. The van der Waals surface area contributed by atoms with Gasteiger partial charge in [-0.15, -0.1) is 0 Å². The summed E-state index contributed by atoms with van der Waals surface area (Å²) in [4.78, 5) is 23.3. The largest absolute Gasteiger partial charge is 0.480 e. The number of carboxylic acids is 1. The van der Waals surface area contributed by atoms with E-state index in [1.165, 1.54) is 4.90 Å². The van der Waals surface area contributed by atoms with E-state index in [9.17, 15) is 9.59 Å². The van der Waals surface area contributed by atoms with Gasteiger partial charge in [0.1, 0.15) is 6.04 Å². The molecule has 1 fully saturated rings. The molecule has 13 heavy (non-hydrogen) atoms. The smallest absolute Gasteiger partial charge is 0.327 e. The minimum atomic E-state index is -0.950. The number of thioether (sulfide) groups is 1. The topological polar surface area (TPSA) is 83.6 Å². The van der Waals surface area contributed by atoms with E-state index in [0.29, 0.717) is 12.3 Å². The molecule has 74 valence electrons. The standard InChI is InChI=1S/C7H12N2O3S/c8-3-6(10)9-1-2-13-4-5(9)7(11)12/h5H,1-4,8H2,(H,11,12). The molecule has 0 radical (unpaired) electrons. The molecule has 1 aliphatic rings. The number of carbonyl (C=O) groups excluding carboxylic acids is 1. The Balaban J connectivity index is 2.67. The van der Waals surface area contributed by atoms with Gasteiger partial charge >= 0.3 is 5.97 Å². The number of aliphatic carboxylic acids is 1. The monoisotopic (exact) mass is 204 g/mol. The lowest BCUT2D eigenvalue weighted by Crippen LogP contribution is -2.52. The van der Waals surface area contributed by atoms with Gasteiger partial charge < -0.3 is 15.7 Å². The Kier molecular flexibility index (Phi) is 3.56. The minimum absolute atomic E-state index is 0.117. The van der Waals surface area contributed by atoms with Crippen LogP contribution in [-0.4, -0.2) is 52.5 Å². The predicted molar refractivity (Wildman–Crippen MR) is 49.5 cm³/mol. The number of nitrogens with zero attached hydrogens (tertiary/aromatic N) is 1. The Labute approximate surface area is 80.3 Å². The second kappa shape index (κ2) is 4.48. The average Bonchev–Trinajstić information content (AvgIpc) is 2.16. The van der Waals surface area contributed by atoms with Crippen LogP contribution in [0.3, 0.4) is 0 Å². The third-order valence-corrected chi connectivity index (χ3v) is 2.93. The Morgan fingerprint density at radius 1 is 1.62 bits per heavy atom. The molecule has 5 nitrogen and oxygen atoms in total. The quantitative estimate of drug-likeness (QED) is 0.601. The molecular formula is C7H12N2O3S. The van der Waals surface area contributed by atoms with Crippen LogP contribution in [0, 0.1) is 0 Å². The molecule has 0 bridgehead atoms. The zero-order valence-electron chi connectivity index (χ0n) is 7.10. The third kappa shape index (κ3) is 2.35. The highest BCUT2D eigenvalue weighted by Crippen LogP contribution is 2.16. The number of amides is 1. The van der Waals surface area contributed by atoms with Crippen LogP contribution < -0.4 is 5.73 Å². The molecule has 3 N–H and O–H groups in total. The molecular weight excluding hydrogens is 192 g/mol. The molecule has 1 unspecified atom stereocenters. The fraction of sp³-hybridized carbons (Fsp3) is 0.714. The van der Waals surface area contributed by atoms with Crippen molar-refractivity contribution in [2.24, 2.45) is 5.73 Å². The van der Waals surface area contributed by atoms with Gasteiger partial charge in [-0.25, -0.2) is 4.79 Å². The molecule has 0 saturated carbocycles. The van der Waals surface area contributed by atoms with Crippen molar-refractivity contribution in [2.75, 3.05) is 24.6 Å². The molecule has 1 aliphatic heterocycles. The SMILES string of the molecule is NCC(=O)N1CCSCC1C(=O)O. The van der Waals surface area contributed by atoms with Crippen LogP contribution in [0.1, 0.15) is 0 Å². The fourth-order valence-electron chi connectivity index (χ4n) is 1.22. The molecule has 1 heterocycles. The summed E-state index contributed by atoms with van der Waals surface area (Å²) in [6.45, 7) is 0.367. The minimum Gasteiger partial charge on any atom is -0.480 e. The van der Waals surface area contributed by atoms with Crippen LogP contribution in [-0.2, 0) is 9.59 Å². The van der Waals surface area contributed by atoms with E-state index >= 15 is 0 Å². The molecule has 0 aliphatic carbocycles. The summed E-state index contributed by atoms with van der Waals surface area (Å²) in [5, 5.41) is 8.81. The molecule has 0 aromatic heterocycles. The maximum atomic E-state index is 11.2. The lowest BCUT2D eigenvalue weighted by molar-refractivity contribution is -0.148. The zero-order valence-corrected chi connectivity index (χ0v) is 7.92. The van der Waals surface area contributed by atoms with Gasteiger partial charge in [-0.1, -0.05) is 0 Å². The van der Waals surface area contributed by atoms with Crippen molar-refractivity contribution in [2.45, 2.75) is 6.04 Å².